The van der Waals surface area contributed by atoms with E-state index in [0.29, 0.717) is 11.5 Å². The maximum atomic E-state index is 12.9. The van der Waals surface area contributed by atoms with Crippen LogP contribution in [0.1, 0.15) is 11.4 Å². The van der Waals surface area contributed by atoms with Crippen molar-refractivity contribution in [1.82, 2.24) is 19.6 Å². The average molecular weight is 561 g/mol. The van der Waals surface area contributed by atoms with E-state index in [0.717, 1.165) is 17.1 Å². The van der Waals surface area contributed by atoms with E-state index in [2.05, 4.69) is 26.4 Å². The fourth-order valence-electron chi connectivity index (χ4n) is 3.68. The van der Waals surface area contributed by atoms with Crippen LogP contribution >= 0.6 is 35.1 Å². The first-order valence-corrected chi connectivity index (χ1v) is 13.9. The molecule has 1 aromatic carbocycles. The number of aromatic nitrogens is 2. The molecule has 2 aliphatic heterocycles. The summed E-state index contributed by atoms with van der Waals surface area (Å²) < 4.78 is 4.00. The molecule has 2 saturated heterocycles. The van der Waals surface area contributed by atoms with Crippen molar-refractivity contribution in [3.63, 3.8) is 0 Å². The lowest BCUT2D eigenvalue weighted by Gasteiger charge is -2.53. The smallest absolute Gasteiger partial charge is 0.313 e. The van der Waals surface area contributed by atoms with Gasteiger partial charge in [-0.15, -0.1) is 23.5 Å². The monoisotopic (exact) mass is 560 g/mol. The maximum absolute atomic E-state index is 12.9. The van der Waals surface area contributed by atoms with Gasteiger partial charge >= 0.3 is 5.97 Å². The number of oxime groups is 1. The Balaban J connectivity index is 1.39. The Morgan fingerprint density at radius 1 is 1.41 bits per heavy atom. The summed E-state index contributed by atoms with van der Waals surface area (Å²) in [5.74, 6) is -1.44. The van der Waals surface area contributed by atoms with E-state index < -0.39 is 28.7 Å². The molecule has 0 radical (unpaired) electrons. The number of hydrogen-bond donors (Lipinski definition) is 3. The molecule has 3 atom stereocenters. The number of hydrogen-bond acceptors (Lipinski definition) is 11. The van der Waals surface area contributed by atoms with Crippen LogP contribution in [0, 0.1) is 5.41 Å². The second-order valence-electron chi connectivity index (χ2n) is 8.21. The van der Waals surface area contributed by atoms with E-state index in [4.69, 9.17) is 10.6 Å². The minimum Gasteiger partial charge on any atom is -0.481 e. The molecule has 11 nitrogen and oxygen atoms in total. The molecular formula is C23H24N6O5S3. The zero-order valence-electron chi connectivity index (χ0n) is 19.5. The fourth-order valence-corrected chi connectivity index (χ4v) is 6.77. The van der Waals surface area contributed by atoms with Gasteiger partial charge in [-0.05, 0) is 17.0 Å². The second kappa shape index (κ2) is 11.8. The van der Waals surface area contributed by atoms with E-state index in [1.54, 1.807) is 0 Å². The Morgan fingerprint density at radius 3 is 2.86 bits per heavy atom. The van der Waals surface area contributed by atoms with Gasteiger partial charge in [0.1, 0.15) is 23.4 Å². The van der Waals surface area contributed by atoms with Gasteiger partial charge in [-0.25, -0.2) is 0 Å². The zero-order valence-corrected chi connectivity index (χ0v) is 21.9. The van der Waals surface area contributed by atoms with Crippen molar-refractivity contribution in [2.75, 3.05) is 30.4 Å². The number of carboxylic acids is 1. The van der Waals surface area contributed by atoms with Crippen molar-refractivity contribution >= 4 is 69.8 Å². The first-order valence-electron chi connectivity index (χ1n) is 11.0. The van der Waals surface area contributed by atoms with E-state index in [9.17, 15) is 19.5 Å². The van der Waals surface area contributed by atoms with Crippen molar-refractivity contribution in [3.05, 3.63) is 59.8 Å². The molecule has 3 heterocycles. The standard InChI is InChI=1S/C23H24N6O5S3/c1-2-9-34-27-15(17-26-22(24)37-28-17)18(30)25-16-19(31)29-11-23(21(32)33,13-36-20(16)29)12-35-10-8-14-6-4-3-5-7-14/h2-8,10,16,20H,1,9,11-13H2,(H,25,30)(H,32,33)(H2,24,26,28)/t16?,20-,23?/m1/s1. The molecule has 2 aromatic rings. The largest absolute Gasteiger partial charge is 0.481 e. The number of thioether (sulfide) groups is 2. The number of fused-ring (bicyclic) bond motifs is 1. The Kier molecular flexibility index (Phi) is 8.51. The summed E-state index contributed by atoms with van der Waals surface area (Å²) in [7, 11) is 0. The molecule has 194 valence electrons. The molecule has 1 aromatic heterocycles. The van der Waals surface area contributed by atoms with Crippen molar-refractivity contribution in [2.45, 2.75) is 11.4 Å². The number of nitrogens with two attached hydrogens (primary N) is 1. The third kappa shape index (κ3) is 5.97. The van der Waals surface area contributed by atoms with Gasteiger partial charge in [0.2, 0.25) is 17.4 Å². The minimum atomic E-state index is -1.11. The molecule has 2 fully saturated rings. The molecule has 0 spiro atoms. The van der Waals surface area contributed by atoms with Crippen LogP contribution in [0.15, 0.2) is 53.6 Å². The third-order valence-electron chi connectivity index (χ3n) is 5.62. The summed E-state index contributed by atoms with van der Waals surface area (Å²) in [4.78, 5) is 48.6. The fraction of sp³-hybridized carbons (Fsp3) is 0.304. The van der Waals surface area contributed by atoms with Crippen LogP contribution in [0.2, 0.25) is 0 Å². The summed E-state index contributed by atoms with van der Waals surface area (Å²) >= 11 is 3.62. The number of rotatable bonds is 11. The molecular weight excluding hydrogens is 536 g/mol. The topological polar surface area (TPSA) is 160 Å². The van der Waals surface area contributed by atoms with Crippen LogP contribution < -0.4 is 11.1 Å². The molecule has 37 heavy (non-hydrogen) atoms. The van der Waals surface area contributed by atoms with Crippen LogP contribution in [0.5, 0.6) is 0 Å². The third-order valence-corrected chi connectivity index (χ3v) is 8.80. The molecule has 4 N–H and O–H groups in total. The van der Waals surface area contributed by atoms with Gasteiger partial charge in [0.25, 0.3) is 5.91 Å². The van der Waals surface area contributed by atoms with Gasteiger partial charge in [-0.2, -0.15) is 9.36 Å². The van der Waals surface area contributed by atoms with E-state index >= 15 is 0 Å². The highest BCUT2D eigenvalue weighted by Gasteiger charge is 2.57. The molecule has 14 heteroatoms. The maximum Gasteiger partial charge on any atom is 0.313 e. The van der Waals surface area contributed by atoms with Crippen molar-refractivity contribution in [2.24, 2.45) is 10.6 Å². The molecule has 2 aliphatic rings. The van der Waals surface area contributed by atoms with Crippen LogP contribution in [-0.4, -0.2) is 78.9 Å². The molecule has 0 saturated carbocycles. The molecule has 0 bridgehead atoms. The SMILES string of the molecule is C=CCON=C(C(=O)NC1C(=O)N2CC(CSC=Cc3ccccc3)(C(=O)O)CS[C@H]12)c1nsc(N)n1. The van der Waals surface area contributed by atoms with Gasteiger partial charge in [0.15, 0.2) is 5.13 Å². The number of nitrogen functional groups attached to an aromatic ring is 1. The number of anilines is 1. The second-order valence-corrected chi connectivity index (χ2v) is 11.0. The first kappa shape index (κ1) is 26.7. The average Bonchev–Trinajstić information content (AvgIpc) is 3.33. The zero-order chi connectivity index (χ0) is 26.4. The van der Waals surface area contributed by atoms with Crippen molar-refractivity contribution < 1.29 is 24.3 Å². The predicted octanol–water partition coefficient (Wildman–Crippen LogP) is 1.90. The molecule has 2 unspecified atom stereocenters. The normalized spacial score (nSPS) is 23.3. The van der Waals surface area contributed by atoms with Crippen molar-refractivity contribution in [3.8, 4) is 0 Å². The van der Waals surface area contributed by atoms with Crippen LogP contribution in [-0.2, 0) is 19.2 Å². The number of β-lactam (4-membered cyclic amide) rings is 1. The van der Waals surface area contributed by atoms with E-state index in [1.807, 2.05) is 41.8 Å². The lowest BCUT2D eigenvalue weighted by atomic mass is 9.89. The number of aliphatic carboxylic acids is 1. The number of nitrogens with one attached hydrogen (secondary N) is 1. The number of amides is 2. The Bertz CT molecular complexity index is 1240. The molecule has 0 aliphatic carbocycles. The van der Waals surface area contributed by atoms with Crippen LogP contribution in [0.4, 0.5) is 5.13 Å². The number of nitrogens with zero attached hydrogens (tertiary/aromatic N) is 4. The van der Waals surface area contributed by atoms with Crippen LogP contribution in [0.3, 0.4) is 0 Å². The molecule has 2 amide bonds. The first-order chi connectivity index (χ1) is 17.8. The number of carbonyl (C=O) groups is 3. The summed E-state index contributed by atoms with van der Waals surface area (Å²) in [6.45, 7) is 3.64. The highest BCUT2D eigenvalue weighted by molar-refractivity contribution is 8.02. The van der Waals surface area contributed by atoms with Crippen LogP contribution in [0.25, 0.3) is 6.08 Å². The summed E-state index contributed by atoms with van der Waals surface area (Å²) in [6.07, 6.45) is 3.38. The van der Waals surface area contributed by atoms with E-state index in [-0.39, 0.29) is 35.7 Å². The minimum absolute atomic E-state index is 0.0190. The highest BCUT2D eigenvalue weighted by Crippen LogP contribution is 2.43. The Morgan fingerprint density at radius 2 is 2.19 bits per heavy atom. The van der Waals surface area contributed by atoms with Gasteiger partial charge in [-0.3, -0.25) is 14.4 Å². The molecule has 4 rings (SSSR count). The number of carbonyl (C=O) groups excluding carboxylic acids is 2. The predicted molar refractivity (Wildman–Crippen MR) is 145 cm³/mol. The Hall–Kier alpha value is -3.36. The van der Waals surface area contributed by atoms with Gasteiger partial charge < -0.3 is 25.9 Å². The van der Waals surface area contributed by atoms with Gasteiger partial charge in [0.05, 0.1) is 0 Å². The lowest BCUT2D eigenvalue weighted by molar-refractivity contribution is -0.157. The van der Waals surface area contributed by atoms with Gasteiger partial charge in [-0.1, -0.05) is 48.1 Å². The van der Waals surface area contributed by atoms with Gasteiger partial charge in [0, 0.05) is 29.6 Å². The highest BCUT2D eigenvalue weighted by atomic mass is 32.2. The summed E-state index contributed by atoms with van der Waals surface area (Å²) in [5, 5.41) is 18.1. The lowest BCUT2D eigenvalue weighted by Crippen LogP contribution is -2.74. The van der Waals surface area contributed by atoms with E-state index in [1.165, 1.54) is 34.5 Å². The van der Waals surface area contributed by atoms with Crippen molar-refractivity contribution in [1.29, 1.82) is 0 Å². The quantitative estimate of drug-likeness (QED) is 0.122. The number of benzene rings is 1. The Labute approximate surface area is 225 Å². The summed E-state index contributed by atoms with van der Waals surface area (Å²) in [5.41, 5.74) is 5.32. The summed E-state index contributed by atoms with van der Waals surface area (Å²) in [6, 6.07) is 8.86. The number of carboxylic acid groups (broad SMARTS) is 1.